The van der Waals surface area contributed by atoms with Crippen LogP contribution in [0.15, 0.2) is 43.0 Å². The standard InChI is InChI=1S/C10H12O2.C9H14N5O4P/c1-2-6-10(11)12-9-7-4-3-5-8-9;1-6(18-5-19(15,16)17)2-14-4-13-7-8(10)11-3-12-9(7)14/h3-5,7-8H,2,6H2,1H3;3-4,6H,2,5H2,1H3,(H2,10,11,12)(H2,15,16,17)/t;6-/m.0/s1. The maximum Gasteiger partial charge on any atom is 0.350 e. The number of fused-ring (bicyclic) bond motifs is 1. The molecule has 0 saturated heterocycles. The number of carbonyl (C=O) groups is 1. The van der Waals surface area contributed by atoms with E-state index in [-0.39, 0.29) is 11.8 Å². The molecule has 0 radical (unpaired) electrons. The first-order valence-corrected chi connectivity index (χ1v) is 11.3. The van der Waals surface area contributed by atoms with Gasteiger partial charge in [-0.3, -0.25) is 9.36 Å². The Hall–Kier alpha value is -2.85. The van der Waals surface area contributed by atoms with E-state index in [1.54, 1.807) is 23.6 Å². The molecule has 0 bridgehead atoms. The van der Waals surface area contributed by atoms with Crippen molar-refractivity contribution in [2.45, 2.75) is 39.3 Å². The van der Waals surface area contributed by atoms with Crippen LogP contribution < -0.4 is 10.5 Å². The van der Waals surface area contributed by atoms with Crippen LogP contribution in [0.3, 0.4) is 0 Å². The topological polar surface area (TPSA) is 163 Å². The number of para-hydroxylation sites is 1. The van der Waals surface area contributed by atoms with E-state index in [0.717, 1.165) is 6.42 Å². The molecule has 0 aliphatic heterocycles. The smallest absolute Gasteiger partial charge is 0.350 e. The number of aromatic nitrogens is 4. The number of rotatable bonds is 8. The number of carbonyl (C=O) groups excluding carboxylic acids is 1. The molecule has 12 heteroatoms. The first-order valence-electron chi connectivity index (χ1n) is 9.52. The molecule has 0 fully saturated rings. The second kappa shape index (κ2) is 11.5. The van der Waals surface area contributed by atoms with E-state index in [9.17, 15) is 9.36 Å². The molecule has 0 aliphatic carbocycles. The number of esters is 1. The van der Waals surface area contributed by atoms with Gasteiger partial charge in [0.25, 0.3) is 0 Å². The molecule has 4 N–H and O–H groups in total. The summed E-state index contributed by atoms with van der Waals surface area (Å²) >= 11 is 0. The highest BCUT2D eigenvalue weighted by Gasteiger charge is 2.17. The van der Waals surface area contributed by atoms with E-state index >= 15 is 0 Å². The fourth-order valence-electron chi connectivity index (χ4n) is 2.46. The van der Waals surface area contributed by atoms with Crippen molar-refractivity contribution in [1.29, 1.82) is 0 Å². The number of imidazole rings is 1. The largest absolute Gasteiger partial charge is 0.427 e. The quantitative estimate of drug-likeness (QED) is 0.263. The number of ether oxygens (including phenoxy) is 2. The zero-order valence-corrected chi connectivity index (χ0v) is 18.2. The summed E-state index contributed by atoms with van der Waals surface area (Å²) in [5.74, 6) is 0.743. The van der Waals surface area contributed by atoms with Gasteiger partial charge >= 0.3 is 13.6 Å². The molecule has 2 aromatic heterocycles. The van der Waals surface area contributed by atoms with Crippen LogP contribution in [-0.2, 0) is 20.6 Å². The minimum Gasteiger partial charge on any atom is -0.427 e. The van der Waals surface area contributed by atoms with E-state index in [0.29, 0.717) is 29.9 Å². The normalized spacial score (nSPS) is 12.1. The predicted molar refractivity (Wildman–Crippen MR) is 114 cm³/mol. The molecule has 1 aromatic carbocycles. The van der Waals surface area contributed by atoms with Crippen molar-refractivity contribution in [3.63, 3.8) is 0 Å². The van der Waals surface area contributed by atoms with Gasteiger partial charge in [0.2, 0.25) is 0 Å². The van der Waals surface area contributed by atoms with Gasteiger partial charge in [-0.15, -0.1) is 0 Å². The Bertz CT molecular complexity index is 1020. The molecular formula is C19H26N5O6P. The summed E-state index contributed by atoms with van der Waals surface area (Å²) < 4.78 is 22.5. The monoisotopic (exact) mass is 451 g/mol. The Balaban J connectivity index is 0.000000245. The van der Waals surface area contributed by atoms with Crippen LogP contribution in [0, 0.1) is 0 Å². The Kier molecular flexibility index (Phi) is 9.07. The Morgan fingerprint density at radius 2 is 1.94 bits per heavy atom. The Morgan fingerprint density at radius 1 is 1.23 bits per heavy atom. The SMILES string of the molecule is CCCC(=O)Oc1ccccc1.C[C@@H](Cn1cnc2c(N)ncnc21)OCP(=O)(O)O. The molecule has 3 rings (SSSR count). The van der Waals surface area contributed by atoms with E-state index in [1.807, 2.05) is 25.1 Å². The summed E-state index contributed by atoms with van der Waals surface area (Å²) in [6, 6.07) is 9.11. The lowest BCUT2D eigenvalue weighted by Crippen LogP contribution is -2.17. The van der Waals surface area contributed by atoms with Crippen LogP contribution in [0.25, 0.3) is 11.2 Å². The Labute approximate surface area is 179 Å². The number of hydrogen-bond donors (Lipinski definition) is 3. The van der Waals surface area contributed by atoms with Gasteiger partial charge in [-0.25, -0.2) is 15.0 Å². The molecular weight excluding hydrogens is 425 g/mol. The zero-order chi connectivity index (χ0) is 22.9. The Morgan fingerprint density at radius 3 is 2.58 bits per heavy atom. The van der Waals surface area contributed by atoms with E-state index < -0.39 is 20.0 Å². The van der Waals surface area contributed by atoms with Crippen molar-refractivity contribution in [1.82, 2.24) is 19.5 Å². The number of nitrogens with two attached hydrogens (primary N) is 1. The summed E-state index contributed by atoms with van der Waals surface area (Å²) in [5, 5.41) is 0. The zero-order valence-electron chi connectivity index (χ0n) is 17.3. The lowest BCUT2D eigenvalue weighted by molar-refractivity contribution is -0.134. The number of nitrogen functional groups attached to an aromatic ring is 1. The maximum absolute atomic E-state index is 11.0. The summed E-state index contributed by atoms with van der Waals surface area (Å²) in [6.45, 7) is 4.01. The van der Waals surface area contributed by atoms with Gasteiger partial charge in [0.1, 0.15) is 23.9 Å². The summed E-state index contributed by atoms with van der Waals surface area (Å²) in [4.78, 5) is 40.4. The van der Waals surface area contributed by atoms with Gasteiger partial charge in [0.15, 0.2) is 11.5 Å². The molecule has 2 heterocycles. The number of benzene rings is 1. The average Bonchev–Trinajstić information content (AvgIpc) is 3.11. The minimum atomic E-state index is -4.16. The third-order valence-electron chi connectivity index (χ3n) is 3.84. The maximum atomic E-state index is 11.0. The fraction of sp³-hybridized carbons (Fsp3) is 0.368. The fourth-order valence-corrected chi connectivity index (χ4v) is 2.91. The lowest BCUT2D eigenvalue weighted by atomic mass is 10.3. The molecule has 1 atom stereocenters. The van der Waals surface area contributed by atoms with Crippen LogP contribution in [0.2, 0.25) is 0 Å². The van der Waals surface area contributed by atoms with E-state index in [4.69, 9.17) is 25.0 Å². The summed E-state index contributed by atoms with van der Waals surface area (Å²) in [7, 11) is -4.16. The molecule has 0 amide bonds. The first-order chi connectivity index (χ1) is 14.7. The van der Waals surface area contributed by atoms with Crippen LogP contribution in [-0.4, -0.2) is 47.7 Å². The average molecular weight is 451 g/mol. The molecule has 31 heavy (non-hydrogen) atoms. The number of anilines is 1. The summed E-state index contributed by atoms with van der Waals surface area (Å²) in [6.07, 6.45) is 3.16. The second-order valence-corrected chi connectivity index (χ2v) is 8.22. The van der Waals surface area contributed by atoms with Crippen LogP contribution in [0.1, 0.15) is 26.7 Å². The lowest BCUT2D eigenvalue weighted by Gasteiger charge is -2.14. The molecule has 3 aromatic rings. The predicted octanol–water partition coefficient (Wildman–Crippen LogP) is 2.34. The second-order valence-electron chi connectivity index (χ2n) is 6.64. The number of hydrogen-bond acceptors (Lipinski definition) is 8. The first kappa shape index (κ1) is 24.4. The van der Waals surface area contributed by atoms with Crippen molar-refractivity contribution in [2.75, 3.05) is 12.1 Å². The highest BCUT2D eigenvalue weighted by atomic mass is 31.2. The molecule has 0 spiro atoms. The van der Waals surface area contributed by atoms with E-state index in [1.165, 1.54) is 12.7 Å². The molecule has 0 aliphatic rings. The highest BCUT2D eigenvalue weighted by Crippen LogP contribution is 2.34. The molecule has 168 valence electrons. The molecule has 0 unspecified atom stereocenters. The van der Waals surface area contributed by atoms with Crippen molar-refractivity contribution < 1.29 is 28.6 Å². The highest BCUT2D eigenvalue weighted by molar-refractivity contribution is 7.51. The van der Waals surface area contributed by atoms with Crippen LogP contribution in [0.5, 0.6) is 5.75 Å². The minimum absolute atomic E-state index is 0.163. The summed E-state index contributed by atoms with van der Waals surface area (Å²) in [5.41, 5.74) is 6.70. The molecule has 0 saturated carbocycles. The van der Waals surface area contributed by atoms with Crippen molar-refractivity contribution >= 4 is 30.5 Å². The van der Waals surface area contributed by atoms with Crippen molar-refractivity contribution in [3.8, 4) is 5.75 Å². The van der Waals surface area contributed by atoms with Crippen molar-refractivity contribution in [3.05, 3.63) is 43.0 Å². The van der Waals surface area contributed by atoms with Gasteiger partial charge in [-0.05, 0) is 25.5 Å². The number of nitrogens with zero attached hydrogens (tertiary/aromatic N) is 4. The third kappa shape index (κ3) is 8.42. The third-order valence-corrected chi connectivity index (χ3v) is 4.33. The van der Waals surface area contributed by atoms with Gasteiger partial charge in [-0.2, -0.15) is 0 Å². The van der Waals surface area contributed by atoms with Crippen molar-refractivity contribution in [2.24, 2.45) is 0 Å². The van der Waals surface area contributed by atoms with Gasteiger partial charge in [-0.1, -0.05) is 25.1 Å². The van der Waals surface area contributed by atoms with Gasteiger partial charge in [0, 0.05) is 6.42 Å². The van der Waals surface area contributed by atoms with Crippen LogP contribution >= 0.6 is 7.60 Å². The van der Waals surface area contributed by atoms with Gasteiger partial charge in [0.05, 0.1) is 19.0 Å². The molecule has 11 nitrogen and oxygen atoms in total. The van der Waals surface area contributed by atoms with E-state index in [2.05, 4.69) is 15.0 Å². The van der Waals surface area contributed by atoms with Crippen LogP contribution in [0.4, 0.5) is 5.82 Å². The van der Waals surface area contributed by atoms with Gasteiger partial charge < -0.3 is 29.6 Å².